The molecule has 2 nitrogen and oxygen atoms in total. The van der Waals surface area contributed by atoms with Gasteiger partial charge in [0.1, 0.15) is 5.75 Å². The number of nitrogens with one attached hydrogen (secondary N) is 1. The van der Waals surface area contributed by atoms with Gasteiger partial charge in [-0.15, -0.1) is 0 Å². The van der Waals surface area contributed by atoms with Gasteiger partial charge in [0.25, 0.3) is 0 Å². The van der Waals surface area contributed by atoms with E-state index in [0.717, 1.165) is 25.3 Å². The smallest absolute Gasteiger partial charge is 0.119 e. The van der Waals surface area contributed by atoms with E-state index in [2.05, 4.69) is 37.4 Å². The Morgan fingerprint density at radius 1 is 1.35 bits per heavy atom. The molecule has 0 atom stereocenters. The summed E-state index contributed by atoms with van der Waals surface area (Å²) in [6.45, 7) is 6.43. The maximum Gasteiger partial charge on any atom is 0.119 e. The molecule has 2 heteroatoms. The van der Waals surface area contributed by atoms with Crippen LogP contribution in [0.25, 0.3) is 6.08 Å². The zero-order chi connectivity index (χ0) is 12.5. The highest BCUT2D eigenvalue weighted by atomic mass is 16.5. The van der Waals surface area contributed by atoms with Crippen LogP contribution in [0.5, 0.6) is 5.75 Å². The van der Waals surface area contributed by atoms with Gasteiger partial charge in [-0.1, -0.05) is 37.6 Å². The predicted octanol–water partition coefficient (Wildman–Crippen LogP) is 3.49. The predicted molar refractivity (Wildman–Crippen MR) is 74.4 cm³/mol. The molecular formula is C15H23NO. The second kappa shape index (κ2) is 7.91. The fourth-order valence-corrected chi connectivity index (χ4v) is 1.67. The number of benzene rings is 1. The number of hydrogen-bond donors (Lipinski definition) is 1. The van der Waals surface area contributed by atoms with E-state index in [0.29, 0.717) is 0 Å². The van der Waals surface area contributed by atoms with Crippen molar-refractivity contribution in [3.63, 3.8) is 0 Å². The summed E-state index contributed by atoms with van der Waals surface area (Å²) in [5, 5.41) is 3.44. The van der Waals surface area contributed by atoms with E-state index >= 15 is 0 Å². The molecule has 1 aromatic carbocycles. The lowest BCUT2D eigenvalue weighted by Crippen LogP contribution is -2.17. The van der Waals surface area contributed by atoms with Crippen molar-refractivity contribution in [2.75, 3.05) is 20.2 Å². The van der Waals surface area contributed by atoms with Crippen molar-refractivity contribution in [3.05, 3.63) is 35.4 Å². The lowest BCUT2D eigenvalue weighted by Gasteiger charge is -2.07. The average molecular weight is 233 g/mol. The third kappa shape index (κ3) is 5.05. The van der Waals surface area contributed by atoms with Crippen molar-refractivity contribution < 1.29 is 4.74 Å². The monoisotopic (exact) mass is 233 g/mol. The van der Waals surface area contributed by atoms with E-state index < -0.39 is 0 Å². The molecule has 0 unspecified atom stereocenters. The molecule has 0 heterocycles. The Kier molecular flexibility index (Phi) is 6.41. The van der Waals surface area contributed by atoms with Crippen LogP contribution in [0.15, 0.2) is 29.8 Å². The Labute approximate surface area is 105 Å². The van der Waals surface area contributed by atoms with Crippen LogP contribution in [0.2, 0.25) is 0 Å². The second-order valence-corrected chi connectivity index (χ2v) is 4.11. The topological polar surface area (TPSA) is 21.3 Å². The first-order valence-corrected chi connectivity index (χ1v) is 6.34. The Morgan fingerprint density at radius 2 is 2.18 bits per heavy atom. The molecule has 0 radical (unpaired) electrons. The summed E-state index contributed by atoms with van der Waals surface area (Å²) >= 11 is 0. The van der Waals surface area contributed by atoms with Gasteiger partial charge in [0, 0.05) is 6.54 Å². The van der Waals surface area contributed by atoms with Crippen LogP contribution in [0.4, 0.5) is 0 Å². The maximum atomic E-state index is 5.22. The number of rotatable bonds is 7. The van der Waals surface area contributed by atoms with Crippen LogP contribution in [-0.4, -0.2) is 20.2 Å². The van der Waals surface area contributed by atoms with Gasteiger partial charge in [0.05, 0.1) is 7.11 Å². The average Bonchev–Trinajstić information content (AvgIpc) is 2.38. The van der Waals surface area contributed by atoms with Crippen LogP contribution in [0, 0.1) is 0 Å². The van der Waals surface area contributed by atoms with Gasteiger partial charge < -0.3 is 10.1 Å². The molecule has 1 rings (SSSR count). The lowest BCUT2D eigenvalue weighted by molar-refractivity contribution is 0.414. The van der Waals surface area contributed by atoms with Gasteiger partial charge in [0.15, 0.2) is 0 Å². The Bertz CT molecular complexity index is 358. The van der Waals surface area contributed by atoms with Crippen molar-refractivity contribution in [1.82, 2.24) is 5.32 Å². The van der Waals surface area contributed by atoms with Crippen LogP contribution in [0.3, 0.4) is 0 Å². The minimum absolute atomic E-state index is 0.913. The summed E-state index contributed by atoms with van der Waals surface area (Å²) < 4.78 is 5.22. The largest absolute Gasteiger partial charge is 0.497 e. The summed E-state index contributed by atoms with van der Waals surface area (Å²) in [4.78, 5) is 0. The standard InChI is InChI=1S/C15H23NO/c1-4-9-16-12-13(5-2)10-14-7-6-8-15(11-14)17-3/h6-8,10-11,16H,4-5,9,12H2,1-3H3. The second-order valence-electron chi connectivity index (χ2n) is 4.11. The fourth-order valence-electron chi connectivity index (χ4n) is 1.67. The molecule has 0 aliphatic heterocycles. The fraction of sp³-hybridized carbons (Fsp3) is 0.467. The lowest BCUT2D eigenvalue weighted by atomic mass is 10.1. The molecule has 0 aromatic heterocycles. The summed E-state index contributed by atoms with van der Waals surface area (Å²) in [5.74, 6) is 0.913. The number of methoxy groups -OCH3 is 1. The van der Waals surface area contributed by atoms with Crippen molar-refractivity contribution in [2.45, 2.75) is 26.7 Å². The van der Waals surface area contributed by atoms with Crippen LogP contribution < -0.4 is 10.1 Å². The van der Waals surface area contributed by atoms with Gasteiger partial charge in [-0.25, -0.2) is 0 Å². The zero-order valence-corrected chi connectivity index (χ0v) is 11.1. The molecule has 0 saturated carbocycles. The van der Waals surface area contributed by atoms with E-state index in [9.17, 15) is 0 Å². The van der Waals surface area contributed by atoms with Crippen molar-refractivity contribution in [3.8, 4) is 5.75 Å². The SMILES string of the molecule is CCCNCC(=Cc1cccc(OC)c1)CC. The summed E-state index contributed by atoms with van der Waals surface area (Å²) in [6, 6.07) is 8.17. The Balaban J connectivity index is 2.68. The molecule has 0 bridgehead atoms. The van der Waals surface area contributed by atoms with Gasteiger partial charge in [-0.2, -0.15) is 0 Å². The molecular weight excluding hydrogens is 210 g/mol. The minimum atomic E-state index is 0.913. The summed E-state index contributed by atoms with van der Waals surface area (Å²) in [6.07, 6.45) is 4.50. The van der Waals surface area contributed by atoms with E-state index in [1.54, 1.807) is 7.11 Å². The first-order chi connectivity index (χ1) is 8.30. The maximum absolute atomic E-state index is 5.22. The Morgan fingerprint density at radius 3 is 2.82 bits per heavy atom. The number of hydrogen-bond acceptors (Lipinski definition) is 2. The highest BCUT2D eigenvalue weighted by Crippen LogP contribution is 2.16. The molecule has 94 valence electrons. The van der Waals surface area contributed by atoms with Gasteiger partial charge in [-0.05, 0) is 37.1 Å². The first-order valence-electron chi connectivity index (χ1n) is 6.34. The van der Waals surface area contributed by atoms with Gasteiger partial charge >= 0.3 is 0 Å². The van der Waals surface area contributed by atoms with Gasteiger partial charge in [0.2, 0.25) is 0 Å². The summed E-state index contributed by atoms with van der Waals surface area (Å²) in [7, 11) is 1.70. The molecule has 0 spiro atoms. The van der Waals surface area contributed by atoms with Crippen molar-refractivity contribution >= 4 is 6.08 Å². The highest BCUT2D eigenvalue weighted by Gasteiger charge is 1.97. The van der Waals surface area contributed by atoms with Crippen LogP contribution in [-0.2, 0) is 0 Å². The summed E-state index contributed by atoms with van der Waals surface area (Å²) in [5.41, 5.74) is 2.63. The molecule has 0 fully saturated rings. The number of ether oxygens (including phenoxy) is 1. The van der Waals surface area contributed by atoms with Gasteiger partial charge in [-0.3, -0.25) is 0 Å². The highest BCUT2D eigenvalue weighted by molar-refractivity contribution is 5.55. The Hall–Kier alpha value is -1.28. The van der Waals surface area contributed by atoms with Crippen LogP contribution in [0.1, 0.15) is 32.3 Å². The zero-order valence-electron chi connectivity index (χ0n) is 11.1. The van der Waals surface area contributed by atoms with E-state index in [4.69, 9.17) is 4.74 Å². The first kappa shape index (κ1) is 13.8. The van der Waals surface area contributed by atoms with E-state index in [1.807, 2.05) is 12.1 Å². The molecule has 0 saturated heterocycles. The van der Waals surface area contributed by atoms with Crippen molar-refractivity contribution in [2.24, 2.45) is 0 Å². The molecule has 1 N–H and O–H groups in total. The quantitative estimate of drug-likeness (QED) is 0.728. The van der Waals surface area contributed by atoms with E-state index in [-0.39, 0.29) is 0 Å². The third-order valence-corrected chi connectivity index (χ3v) is 2.70. The third-order valence-electron chi connectivity index (χ3n) is 2.70. The molecule has 0 amide bonds. The van der Waals surface area contributed by atoms with E-state index in [1.165, 1.54) is 17.6 Å². The minimum Gasteiger partial charge on any atom is -0.497 e. The van der Waals surface area contributed by atoms with Crippen LogP contribution >= 0.6 is 0 Å². The normalized spacial score (nSPS) is 11.6. The molecule has 1 aromatic rings. The van der Waals surface area contributed by atoms with Crippen molar-refractivity contribution in [1.29, 1.82) is 0 Å². The molecule has 0 aliphatic carbocycles. The molecule has 0 aliphatic rings. The molecule has 17 heavy (non-hydrogen) atoms.